The molecule has 0 radical (unpaired) electrons. The SMILES string of the molecule is CC1=CCCC(C)(C)[C@H]1/C=C/C(C)=C/C=C/C(C)=C/C=C/C=C(C)/C=C/C=C(C)/C=C/C1=C(C)C(=O)[C@@H](O)CC1(C)C. The summed E-state index contributed by atoms with van der Waals surface area (Å²) in [6, 6.07) is 0. The van der Waals surface area contributed by atoms with Gasteiger partial charge in [0, 0.05) is 5.92 Å². The lowest BCUT2D eigenvalue weighted by Gasteiger charge is -2.36. The predicted molar refractivity (Wildman–Crippen MR) is 183 cm³/mol. The first-order chi connectivity index (χ1) is 19.6. The van der Waals surface area contributed by atoms with Gasteiger partial charge in [0.25, 0.3) is 0 Å². The lowest BCUT2D eigenvalue weighted by molar-refractivity contribution is -0.125. The van der Waals surface area contributed by atoms with Gasteiger partial charge in [0.05, 0.1) is 0 Å². The molecule has 0 spiro atoms. The lowest BCUT2D eigenvalue weighted by atomic mass is 9.68. The van der Waals surface area contributed by atoms with Crippen LogP contribution in [0.3, 0.4) is 0 Å². The van der Waals surface area contributed by atoms with E-state index in [2.05, 4.69) is 128 Å². The molecule has 0 saturated carbocycles. The Balaban J connectivity index is 1.91. The Morgan fingerprint density at radius 2 is 1.29 bits per heavy atom. The van der Waals surface area contributed by atoms with Gasteiger partial charge in [-0.2, -0.15) is 0 Å². The molecular formula is C40H54O2. The van der Waals surface area contributed by atoms with E-state index in [0.29, 0.717) is 23.3 Å². The zero-order valence-electron chi connectivity index (χ0n) is 27.8. The largest absolute Gasteiger partial charge is 0.385 e. The molecule has 1 N–H and O–H groups in total. The molecule has 2 nitrogen and oxygen atoms in total. The average Bonchev–Trinajstić information content (AvgIpc) is 2.88. The van der Waals surface area contributed by atoms with Crippen LogP contribution in [0.1, 0.15) is 88.5 Å². The minimum atomic E-state index is -0.892. The summed E-state index contributed by atoms with van der Waals surface area (Å²) in [4.78, 5) is 12.2. The van der Waals surface area contributed by atoms with E-state index in [9.17, 15) is 9.90 Å². The molecule has 0 saturated heterocycles. The monoisotopic (exact) mass is 566 g/mol. The Bertz CT molecular complexity index is 1320. The lowest BCUT2D eigenvalue weighted by Crippen LogP contribution is -2.35. The van der Waals surface area contributed by atoms with Gasteiger partial charge in [-0.15, -0.1) is 0 Å². The van der Waals surface area contributed by atoms with Crippen LogP contribution in [0, 0.1) is 16.7 Å². The van der Waals surface area contributed by atoms with Crippen molar-refractivity contribution in [3.63, 3.8) is 0 Å². The highest BCUT2D eigenvalue weighted by atomic mass is 16.3. The third kappa shape index (κ3) is 10.9. The molecule has 0 aliphatic heterocycles. The highest BCUT2D eigenvalue weighted by Gasteiger charge is 2.36. The Kier molecular flexibility index (Phi) is 13.2. The minimum Gasteiger partial charge on any atom is -0.385 e. The number of rotatable bonds is 10. The molecule has 0 fully saturated rings. The number of allylic oxidation sites excluding steroid dienone is 21. The quantitative estimate of drug-likeness (QED) is 0.211. The molecule has 2 heteroatoms. The van der Waals surface area contributed by atoms with Gasteiger partial charge in [0.1, 0.15) is 6.10 Å². The van der Waals surface area contributed by atoms with Crippen molar-refractivity contribution < 1.29 is 9.90 Å². The molecular weight excluding hydrogens is 512 g/mol. The maximum absolute atomic E-state index is 12.2. The molecule has 2 atom stereocenters. The molecule has 42 heavy (non-hydrogen) atoms. The Hall–Kier alpha value is -3.23. The third-order valence-corrected chi connectivity index (χ3v) is 8.43. The molecule has 2 rings (SSSR count). The maximum atomic E-state index is 12.2. The summed E-state index contributed by atoms with van der Waals surface area (Å²) >= 11 is 0. The van der Waals surface area contributed by atoms with Gasteiger partial charge < -0.3 is 5.11 Å². The average molecular weight is 567 g/mol. The van der Waals surface area contributed by atoms with E-state index in [1.54, 1.807) is 0 Å². The van der Waals surface area contributed by atoms with E-state index >= 15 is 0 Å². The minimum absolute atomic E-state index is 0.160. The number of carbonyl (C=O) groups is 1. The first-order valence-electron chi connectivity index (χ1n) is 15.3. The predicted octanol–water partition coefficient (Wildman–Crippen LogP) is 10.6. The van der Waals surface area contributed by atoms with E-state index in [-0.39, 0.29) is 11.2 Å². The number of ketones is 1. The summed E-state index contributed by atoms with van der Waals surface area (Å²) in [6.45, 7) is 21.4. The summed E-state index contributed by atoms with van der Waals surface area (Å²) < 4.78 is 0. The van der Waals surface area contributed by atoms with Crippen LogP contribution in [-0.4, -0.2) is 17.0 Å². The Morgan fingerprint density at radius 3 is 1.83 bits per heavy atom. The van der Waals surface area contributed by atoms with Crippen LogP contribution in [0.15, 0.2) is 130 Å². The molecule has 226 valence electrons. The van der Waals surface area contributed by atoms with Gasteiger partial charge in [-0.05, 0) is 82.8 Å². The molecule has 0 aromatic carbocycles. The van der Waals surface area contributed by atoms with Crippen LogP contribution in [-0.2, 0) is 4.79 Å². The summed E-state index contributed by atoms with van der Waals surface area (Å²) in [6.07, 6.45) is 34.1. The van der Waals surface area contributed by atoms with Crippen LogP contribution in [0.4, 0.5) is 0 Å². The van der Waals surface area contributed by atoms with Crippen molar-refractivity contribution in [2.24, 2.45) is 16.7 Å². The van der Waals surface area contributed by atoms with Crippen molar-refractivity contribution in [2.75, 3.05) is 0 Å². The van der Waals surface area contributed by atoms with Gasteiger partial charge in [-0.25, -0.2) is 0 Å². The van der Waals surface area contributed by atoms with Gasteiger partial charge >= 0.3 is 0 Å². The second kappa shape index (κ2) is 15.8. The maximum Gasteiger partial charge on any atom is 0.187 e. The smallest absolute Gasteiger partial charge is 0.187 e. The summed E-state index contributed by atoms with van der Waals surface area (Å²) in [5, 5.41) is 10.0. The number of carbonyl (C=O) groups excluding carboxylic acids is 1. The number of Topliss-reactive ketones (excluding diaryl/α,β-unsaturated/α-hetero) is 1. The second-order valence-corrected chi connectivity index (χ2v) is 13.4. The normalized spacial score (nSPS) is 24.8. The molecule has 0 unspecified atom stereocenters. The summed E-state index contributed by atoms with van der Waals surface area (Å²) in [7, 11) is 0. The molecule has 0 aromatic rings. The molecule has 2 aliphatic carbocycles. The van der Waals surface area contributed by atoms with E-state index < -0.39 is 6.10 Å². The zero-order valence-corrected chi connectivity index (χ0v) is 27.8. The summed E-state index contributed by atoms with van der Waals surface area (Å²) in [5.74, 6) is 0.353. The fraction of sp³-hybridized carbons (Fsp3) is 0.425. The molecule has 2 aliphatic rings. The topological polar surface area (TPSA) is 37.3 Å². The van der Waals surface area contributed by atoms with Crippen LogP contribution in [0.5, 0.6) is 0 Å². The van der Waals surface area contributed by atoms with E-state index in [1.165, 1.54) is 29.6 Å². The van der Waals surface area contributed by atoms with Crippen LogP contribution in [0.2, 0.25) is 0 Å². The number of hydrogen-bond acceptors (Lipinski definition) is 2. The van der Waals surface area contributed by atoms with Crippen molar-refractivity contribution in [3.8, 4) is 0 Å². The molecule has 0 aromatic heterocycles. The fourth-order valence-electron chi connectivity index (χ4n) is 5.71. The molecule has 0 amide bonds. The number of aliphatic hydroxyl groups excluding tert-OH is 1. The van der Waals surface area contributed by atoms with Gasteiger partial charge in [0.15, 0.2) is 5.78 Å². The third-order valence-electron chi connectivity index (χ3n) is 8.43. The standard InChI is InChI=1S/C40H54O2/c1-29(18-13-20-31(3)23-25-35-33(5)22-15-27-39(35,7)8)16-11-12-17-30(2)19-14-21-32(4)24-26-36-34(6)38(42)37(41)28-40(36,9)10/h11-14,16-26,35,37,41H,15,27-28H2,1-10H3/b12-11+,18-13+,19-14+,25-23+,26-24+,29-16+,30-17+,31-20+,32-21+/t35-,37-/m0/s1. The van der Waals surface area contributed by atoms with E-state index in [0.717, 1.165) is 16.7 Å². The Morgan fingerprint density at radius 1 is 0.786 bits per heavy atom. The van der Waals surface area contributed by atoms with Crippen molar-refractivity contribution in [2.45, 2.75) is 94.6 Å². The number of hydrogen-bond donors (Lipinski definition) is 1. The van der Waals surface area contributed by atoms with Crippen LogP contribution in [0.25, 0.3) is 0 Å². The Labute approximate surface area is 256 Å². The van der Waals surface area contributed by atoms with Crippen molar-refractivity contribution in [3.05, 3.63) is 130 Å². The fourth-order valence-corrected chi connectivity index (χ4v) is 5.71. The highest BCUT2D eigenvalue weighted by Crippen LogP contribution is 2.42. The van der Waals surface area contributed by atoms with Crippen molar-refractivity contribution >= 4 is 5.78 Å². The first-order valence-corrected chi connectivity index (χ1v) is 15.3. The van der Waals surface area contributed by atoms with Crippen LogP contribution >= 0.6 is 0 Å². The van der Waals surface area contributed by atoms with Gasteiger partial charge in [0.2, 0.25) is 0 Å². The number of aliphatic hydroxyl groups is 1. The first kappa shape index (κ1) is 35.0. The molecule has 0 heterocycles. The van der Waals surface area contributed by atoms with Crippen LogP contribution < -0.4 is 0 Å². The van der Waals surface area contributed by atoms with Crippen molar-refractivity contribution in [1.82, 2.24) is 0 Å². The van der Waals surface area contributed by atoms with E-state index in [4.69, 9.17) is 0 Å². The van der Waals surface area contributed by atoms with E-state index in [1.807, 2.05) is 32.1 Å². The van der Waals surface area contributed by atoms with Gasteiger partial charge in [-0.1, -0.05) is 147 Å². The second-order valence-electron chi connectivity index (χ2n) is 13.4. The zero-order chi connectivity index (χ0) is 31.5. The molecule has 0 bridgehead atoms. The highest BCUT2D eigenvalue weighted by molar-refractivity contribution is 6.00. The van der Waals surface area contributed by atoms with Gasteiger partial charge in [-0.3, -0.25) is 4.79 Å². The van der Waals surface area contributed by atoms with Crippen molar-refractivity contribution in [1.29, 1.82) is 0 Å². The summed E-state index contributed by atoms with van der Waals surface area (Å²) in [5.41, 5.74) is 7.96.